The summed E-state index contributed by atoms with van der Waals surface area (Å²) in [6, 6.07) is -2.37. The zero-order valence-electron chi connectivity index (χ0n) is 18.1. The van der Waals surface area contributed by atoms with Crippen LogP contribution in [0, 0.1) is 0 Å². The lowest BCUT2D eigenvalue weighted by molar-refractivity contribution is -0.162. The number of hydrogen-bond acceptors (Lipinski definition) is 10. The SMILES string of the molecule is COC(=O)[C@H]1CCC[C@@H](C(=O)OC)N1CCN1[C@@H](C(=O)OC)CCC[C@H]1C(=O)OC. The maximum atomic E-state index is 12.3. The number of likely N-dealkylation sites (tertiary alicyclic amines) is 2. The van der Waals surface area contributed by atoms with E-state index in [1.807, 2.05) is 0 Å². The predicted octanol–water partition coefficient (Wildman–Crippen LogP) is 0.125. The first-order valence-electron chi connectivity index (χ1n) is 10.2. The molecular formula is C20H32N2O8. The Morgan fingerprint density at radius 3 is 1.00 bits per heavy atom. The van der Waals surface area contributed by atoms with Crippen LogP contribution in [0.5, 0.6) is 0 Å². The van der Waals surface area contributed by atoms with Gasteiger partial charge in [0.25, 0.3) is 0 Å². The van der Waals surface area contributed by atoms with Crippen molar-refractivity contribution < 1.29 is 38.1 Å². The minimum Gasteiger partial charge on any atom is -0.468 e. The van der Waals surface area contributed by atoms with E-state index < -0.39 is 48.0 Å². The molecule has 2 saturated heterocycles. The monoisotopic (exact) mass is 428 g/mol. The van der Waals surface area contributed by atoms with Crippen molar-refractivity contribution >= 4 is 23.9 Å². The number of nitrogens with zero attached hydrogens (tertiary/aromatic N) is 2. The van der Waals surface area contributed by atoms with Gasteiger partial charge >= 0.3 is 23.9 Å². The van der Waals surface area contributed by atoms with Gasteiger partial charge in [-0.15, -0.1) is 0 Å². The highest BCUT2D eigenvalue weighted by Crippen LogP contribution is 2.28. The molecule has 0 N–H and O–H groups in total. The molecule has 170 valence electrons. The summed E-state index contributed by atoms with van der Waals surface area (Å²) in [5.41, 5.74) is 0. The van der Waals surface area contributed by atoms with Crippen molar-refractivity contribution in [1.82, 2.24) is 9.80 Å². The van der Waals surface area contributed by atoms with Crippen molar-refractivity contribution in [2.75, 3.05) is 41.5 Å². The minimum absolute atomic E-state index is 0.278. The summed E-state index contributed by atoms with van der Waals surface area (Å²) in [7, 11) is 5.25. The lowest BCUT2D eigenvalue weighted by Gasteiger charge is -2.43. The third-order valence-corrected chi connectivity index (χ3v) is 6.02. The number of carbonyl (C=O) groups is 4. The average molecular weight is 428 g/mol. The van der Waals surface area contributed by atoms with Crippen LogP contribution in [0.1, 0.15) is 38.5 Å². The molecule has 0 radical (unpaired) electrons. The standard InChI is InChI=1S/C20H32N2O8/c1-27-17(23)13-7-5-8-14(18(24)28-2)21(13)11-12-22-15(19(25)29-3)9-6-10-16(22)20(26)30-4/h13-16H,5-12H2,1-4H3/t13-,14+,15-,16+. The fraction of sp³-hybridized carbons (Fsp3) is 0.800. The molecule has 0 aromatic heterocycles. The van der Waals surface area contributed by atoms with Gasteiger partial charge in [-0.05, 0) is 38.5 Å². The van der Waals surface area contributed by atoms with Crippen LogP contribution >= 0.6 is 0 Å². The van der Waals surface area contributed by atoms with Crippen LogP contribution in [0.3, 0.4) is 0 Å². The molecule has 0 aromatic carbocycles. The van der Waals surface area contributed by atoms with E-state index in [1.54, 1.807) is 9.80 Å². The highest BCUT2D eigenvalue weighted by atomic mass is 16.5. The quantitative estimate of drug-likeness (QED) is 0.409. The Morgan fingerprint density at radius 2 is 0.800 bits per heavy atom. The molecule has 0 amide bonds. The number of carbonyl (C=O) groups excluding carboxylic acids is 4. The van der Waals surface area contributed by atoms with Gasteiger partial charge in [0.15, 0.2) is 0 Å². The second kappa shape index (κ2) is 11.3. The summed E-state index contributed by atoms with van der Waals surface area (Å²) in [6.45, 7) is 0.557. The van der Waals surface area contributed by atoms with E-state index >= 15 is 0 Å². The maximum absolute atomic E-state index is 12.3. The summed E-state index contributed by atoms with van der Waals surface area (Å²) < 4.78 is 19.7. The Kier molecular flexibility index (Phi) is 9.04. The molecule has 0 saturated carbocycles. The highest BCUT2D eigenvalue weighted by molar-refractivity contribution is 5.81. The fourth-order valence-corrected chi connectivity index (χ4v) is 4.52. The van der Waals surface area contributed by atoms with Gasteiger partial charge in [0.05, 0.1) is 28.4 Å². The minimum atomic E-state index is -0.592. The molecule has 30 heavy (non-hydrogen) atoms. The van der Waals surface area contributed by atoms with Gasteiger partial charge in [-0.25, -0.2) is 0 Å². The van der Waals surface area contributed by atoms with Crippen molar-refractivity contribution in [3.63, 3.8) is 0 Å². The van der Waals surface area contributed by atoms with E-state index in [-0.39, 0.29) is 13.1 Å². The number of rotatable bonds is 7. The maximum Gasteiger partial charge on any atom is 0.323 e. The van der Waals surface area contributed by atoms with E-state index in [2.05, 4.69) is 0 Å². The van der Waals surface area contributed by atoms with Crippen molar-refractivity contribution in [3.8, 4) is 0 Å². The first-order chi connectivity index (χ1) is 14.4. The molecule has 0 aromatic rings. The number of hydrogen-bond donors (Lipinski definition) is 0. The second-order valence-electron chi connectivity index (χ2n) is 7.49. The largest absolute Gasteiger partial charge is 0.468 e. The van der Waals surface area contributed by atoms with Gasteiger partial charge in [0, 0.05) is 13.1 Å². The number of methoxy groups -OCH3 is 4. The third-order valence-electron chi connectivity index (χ3n) is 6.02. The molecule has 0 spiro atoms. The molecule has 0 unspecified atom stereocenters. The number of esters is 4. The smallest absolute Gasteiger partial charge is 0.323 e. The fourth-order valence-electron chi connectivity index (χ4n) is 4.52. The zero-order valence-corrected chi connectivity index (χ0v) is 18.1. The van der Waals surface area contributed by atoms with Crippen molar-refractivity contribution in [2.45, 2.75) is 62.7 Å². The molecule has 2 rings (SSSR count). The molecule has 2 aliphatic heterocycles. The van der Waals surface area contributed by atoms with Crippen LogP contribution < -0.4 is 0 Å². The first kappa shape index (κ1) is 24.1. The molecule has 0 bridgehead atoms. The van der Waals surface area contributed by atoms with E-state index in [0.29, 0.717) is 38.5 Å². The van der Waals surface area contributed by atoms with E-state index in [0.717, 1.165) is 0 Å². The van der Waals surface area contributed by atoms with E-state index in [9.17, 15) is 19.2 Å². The Morgan fingerprint density at radius 1 is 0.567 bits per heavy atom. The highest BCUT2D eigenvalue weighted by Gasteiger charge is 2.43. The Balaban J connectivity index is 2.26. The zero-order chi connectivity index (χ0) is 22.3. The van der Waals surface area contributed by atoms with E-state index in [4.69, 9.17) is 18.9 Å². The van der Waals surface area contributed by atoms with Gasteiger partial charge in [-0.1, -0.05) is 0 Å². The number of piperidine rings is 2. The van der Waals surface area contributed by atoms with Crippen molar-refractivity contribution in [3.05, 3.63) is 0 Å². The summed E-state index contributed by atoms with van der Waals surface area (Å²) in [4.78, 5) is 52.9. The van der Waals surface area contributed by atoms with Crippen molar-refractivity contribution in [2.24, 2.45) is 0 Å². The number of ether oxygens (including phenoxy) is 4. The first-order valence-corrected chi connectivity index (χ1v) is 10.2. The Labute approximate surface area is 176 Å². The van der Waals surface area contributed by atoms with Gasteiger partial charge in [-0.3, -0.25) is 29.0 Å². The molecule has 10 nitrogen and oxygen atoms in total. The summed E-state index contributed by atoms with van der Waals surface area (Å²) in [6.07, 6.45) is 3.61. The summed E-state index contributed by atoms with van der Waals surface area (Å²) in [5.74, 6) is -1.68. The van der Waals surface area contributed by atoms with E-state index in [1.165, 1.54) is 28.4 Å². The van der Waals surface area contributed by atoms with Crippen LogP contribution in [0.2, 0.25) is 0 Å². The lowest BCUT2D eigenvalue weighted by Crippen LogP contribution is -2.59. The van der Waals surface area contributed by atoms with Crippen LogP contribution in [-0.4, -0.2) is 99.4 Å². The van der Waals surface area contributed by atoms with Crippen molar-refractivity contribution in [1.29, 1.82) is 0 Å². The summed E-state index contributed by atoms with van der Waals surface area (Å²) in [5, 5.41) is 0. The molecule has 0 aliphatic carbocycles. The van der Waals surface area contributed by atoms with Gasteiger partial charge < -0.3 is 18.9 Å². The van der Waals surface area contributed by atoms with Gasteiger partial charge in [0.2, 0.25) is 0 Å². The predicted molar refractivity (Wildman–Crippen MR) is 104 cm³/mol. The molecule has 10 heteroatoms. The van der Waals surface area contributed by atoms with Crippen LogP contribution in [0.25, 0.3) is 0 Å². The molecule has 4 atom stereocenters. The summed E-state index contributed by atoms with van der Waals surface area (Å²) >= 11 is 0. The van der Waals surface area contributed by atoms with Crippen LogP contribution in [-0.2, 0) is 38.1 Å². The average Bonchev–Trinajstić information content (AvgIpc) is 2.79. The van der Waals surface area contributed by atoms with Gasteiger partial charge in [0.1, 0.15) is 24.2 Å². The lowest BCUT2D eigenvalue weighted by atomic mass is 9.93. The van der Waals surface area contributed by atoms with Crippen LogP contribution in [0.15, 0.2) is 0 Å². The Hall–Kier alpha value is -2.20. The normalized spacial score (nSPS) is 27.7. The van der Waals surface area contributed by atoms with Gasteiger partial charge in [-0.2, -0.15) is 0 Å². The molecular weight excluding hydrogens is 396 g/mol. The van der Waals surface area contributed by atoms with Crippen LogP contribution in [0.4, 0.5) is 0 Å². The second-order valence-corrected chi connectivity index (χ2v) is 7.49. The molecule has 2 fully saturated rings. The molecule has 2 aliphatic rings. The molecule has 2 heterocycles. The topological polar surface area (TPSA) is 112 Å². The third kappa shape index (κ3) is 5.28. The Bertz CT molecular complexity index is 538.